The van der Waals surface area contributed by atoms with Gasteiger partial charge in [0, 0.05) is 12.1 Å². The summed E-state index contributed by atoms with van der Waals surface area (Å²) in [6.45, 7) is 1.60. The largest absolute Gasteiger partial charge is 0.497 e. The fraction of sp³-hybridized carbons (Fsp3) is 0.208. The average molecular weight is 505 g/mol. The molecule has 10 heteroatoms. The number of nitrogens with one attached hydrogen (secondary N) is 1. The first-order valence-corrected chi connectivity index (χ1v) is 12.4. The smallest absolute Gasteiger partial charge is 0.265 e. The molecule has 3 aromatic rings. The van der Waals surface area contributed by atoms with E-state index in [-0.39, 0.29) is 0 Å². The number of hydrogen-bond acceptors (Lipinski definition) is 6. The molecule has 8 nitrogen and oxygen atoms in total. The molecule has 0 fully saturated rings. The highest BCUT2D eigenvalue weighted by Crippen LogP contribution is 2.33. The Bertz CT molecular complexity index is 1250. The van der Waals surface area contributed by atoms with Crippen molar-refractivity contribution >= 4 is 38.9 Å². The van der Waals surface area contributed by atoms with Crippen molar-refractivity contribution in [2.24, 2.45) is 0 Å². The third-order valence-electron chi connectivity index (χ3n) is 4.87. The summed E-state index contributed by atoms with van der Waals surface area (Å²) in [6.07, 6.45) is 0.262. The molecule has 180 valence electrons. The van der Waals surface area contributed by atoms with Crippen molar-refractivity contribution in [3.63, 3.8) is 0 Å². The number of methoxy groups -OCH3 is 1. The van der Waals surface area contributed by atoms with Crippen molar-refractivity contribution in [1.82, 2.24) is 0 Å². The van der Waals surface area contributed by atoms with Crippen molar-refractivity contribution in [1.29, 1.82) is 0 Å². The first-order chi connectivity index (χ1) is 16.1. The maximum Gasteiger partial charge on any atom is 0.265 e. The average Bonchev–Trinajstić information content (AvgIpc) is 2.80. The molecule has 0 spiro atoms. The van der Waals surface area contributed by atoms with Crippen LogP contribution in [0.4, 0.5) is 11.4 Å². The molecule has 0 aliphatic carbocycles. The van der Waals surface area contributed by atoms with Gasteiger partial charge in [-0.25, -0.2) is 8.42 Å². The molecule has 34 heavy (non-hydrogen) atoms. The van der Waals surface area contributed by atoms with Crippen LogP contribution in [0.5, 0.6) is 23.0 Å². The van der Waals surface area contributed by atoms with Crippen LogP contribution < -0.4 is 23.8 Å². The number of ether oxygens (including phenoxy) is 3. The Balaban J connectivity index is 1.69. The lowest BCUT2D eigenvalue weighted by Gasteiger charge is -2.19. The van der Waals surface area contributed by atoms with Crippen LogP contribution in [0.25, 0.3) is 0 Å². The number of carbonyl (C=O) groups excluding carboxylic acids is 1. The second kappa shape index (κ2) is 10.7. The highest BCUT2D eigenvalue weighted by Gasteiger charge is 2.18. The summed E-state index contributed by atoms with van der Waals surface area (Å²) in [6, 6.07) is 18.3. The monoisotopic (exact) mass is 504 g/mol. The van der Waals surface area contributed by atoms with Crippen molar-refractivity contribution in [3.05, 3.63) is 71.8 Å². The number of anilines is 2. The Morgan fingerprint density at radius 2 is 1.56 bits per heavy atom. The number of benzene rings is 3. The van der Waals surface area contributed by atoms with Crippen LogP contribution in [-0.4, -0.2) is 40.8 Å². The molecular weight excluding hydrogens is 480 g/mol. The maximum atomic E-state index is 12.8. The van der Waals surface area contributed by atoms with Crippen molar-refractivity contribution < 1.29 is 27.4 Å². The van der Waals surface area contributed by atoms with Gasteiger partial charge in [0.2, 0.25) is 10.0 Å². The van der Waals surface area contributed by atoms with Gasteiger partial charge >= 0.3 is 0 Å². The van der Waals surface area contributed by atoms with Gasteiger partial charge in [-0.15, -0.1) is 0 Å². The van der Waals surface area contributed by atoms with Gasteiger partial charge in [-0.05, 0) is 73.7 Å². The van der Waals surface area contributed by atoms with Crippen molar-refractivity contribution in [2.45, 2.75) is 13.0 Å². The molecule has 1 N–H and O–H groups in total. The second-order valence-electron chi connectivity index (χ2n) is 7.39. The van der Waals surface area contributed by atoms with Gasteiger partial charge in [-0.3, -0.25) is 9.10 Å². The van der Waals surface area contributed by atoms with E-state index < -0.39 is 22.0 Å². The zero-order valence-corrected chi connectivity index (χ0v) is 20.7. The normalized spacial score (nSPS) is 11.9. The Morgan fingerprint density at radius 1 is 0.971 bits per heavy atom. The molecule has 0 aliphatic rings. The predicted molar refractivity (Wildman–Crippen MR) is 133 cm³/mol. The van der Waals surface area contributed by atoms with E-state index in [0.717, 1.165) is 10.6 Å². The number of hydrogen-bond donors (Lipinski definition) is 1. The van der Waals surface area contributed by atoms with Crippen molar-refractivity contribution in [3.8, 4) is 23.0 Å². The minimum Gasteiger partial charge on any atom is -0.497 e. The van der Waals surface area contributed by atoms with E-state index in [4.69, 9.17) is 25.8 Å². The lowest BCUT2D eigenvalue weighted by Crippen LogP contribution is -2.30. The van der Waals surface area contributed by atoms with E-state index in [9.17, 15) is 13.2 Å². The van der Waals surface area contributed by atoms with E-state index in [1.165, 1.54) is 7.05 Å². The standard InChI is InChI=1S/C24H25ClN2O6S/c1-16(32-20-8-6-18(7-9-20)27(2)34(4,29)30)24(28)26-22-15-17(25)5-14-23(22)33-21-12-10-19(31-3)11-13-21/h5-16H,1-4H3,(H,26,28). The topological polar surface area (TPSA) is 94.2 Å². The molecule has 0 aromatic heterocycles. The number of nitrogens with zero attached hydrogens (tertiary/aromatic N) is 1. The summed E-state index contributed by atoms with van der Waals surface area (Å²) >= 11 is 6.12. The van der Waals surface area contributed by atoms with Crippen LogP contribution in [0.3, 0.4) is 0 Å². The van der Waals surface area contributed by atoms with Crippen LogP contribution in [0.1, 0.15) is 6.92 Å². The lowest BCUT2D eigenvalue weighted by atomic mass is 10.2. The van der Waals surface area contributed by atoms with Gasteiger partial charge in [-0.1, -0.05) is 11.6 Å². The summed E-state index contributed by atoms with van der Waals surface area (Å²) < 4.78 is 41.3. The van der Waals surface area contributed by atoms with E-state index in [0.29, 0.717) is 39.4 Å². The minimum atomic E-state index is -3.37. The Kier molecular flexibility index (Phi) is 7.90. The zero-order chi connectivity index (χ0) is 24.9. The third-order valence-corrected chi connectivity index (χ3v) is 6.31. The molecule has 0 aliphatic heterocycles. The zero-order valence-electron chi connectivity index (χ0n) is 19.1. The number of amides is 1. The summed E-state index contributed by atoms with van der Waals surface area (Å²) in [4.78, 5) is 12.8. The molecule has 0 radical (unpaired) electrons. The third kappa shape index (κ3) is 6.55. The minimum absolute atomic E-state index is 0.383. The Morgan fingerprint density at radius 3 is 2.15 bits per heavy atom. The molecule has 0 bridgehead atoms. The van der Waals surface area contributed by atoms with E-state index in [2.05, 4.69) is 5.32 Å². The van der Waals surface area contributed by atoms with Gasteiger partial charge in [-0.2, -0.15) is 0 Å². The van der Waals surface area contributed by atoms with Crippen LogP contribution in [0.2, 0.25) is 5.02 Å². The van der Waals surface area contributed by atoms with Crippen LogP contribution in [0, 0.1) is 0 Å². The van der Waals surface area contributed by atoms with Gasteiger partial charge in [0.05, 0.1) is 24.7 Å². The van der Waals surface area contributed by atoms with E-state index in [1.807, 2.05) is 0 Å². The Labute approximate surface area is 204 Å². The summed E-state index contributed by atoms with van der Waals surface area (Å²) in [5.74, 6) is 1.65. The fourth-order valence-corrected chi connectivity index (χ4v) is 3.55. The molecule has 1 amide bonds. The van der Waals surface area contributed by atoms with Gasteiger partial charge in [0.25, 0.3) is 5.91 Å². The maximum absolute atomic E-state index is 12.8. The molecular formula is C24H25ClN2O6S. The molecule has 0 saturated carbocycles. The van der Waals surface area contributed by atoms with Crippen LogP contribution in [-0.2, 0) is 14.8 Å². The quantitative estimate of drug-likeness (QED) is 0.443. The molecule has 1 atom stereocenters. The van der Waals surface area contributed by atoms with Crippen LogP contribution >= 0.6 is 11.6 Å². The summed E-state index contributed by atoms with van der Waals surface area (Å²) in [7, 11) is -0.340. The number of rotatable bonds is 9. The Hall–Kier alpha value is -3.43. The highest BCUT2D eigenvalue weighted by atomic mass is 35.5. The molecule has 0 heterocycles. The van der Waals surface area contributed by atoms with Gasteiger partial charge < -0.3 is 19.5 Å². The highest BCUT2D eigenvalue weighted by molar-refractivity contribution is 7.92. The predicted octanol–water partition coefficient (Wildman–Crippen LogP) is 4.94. The van der Waals surface area contributed by atoms with E-state index >= 15 is 0 Å². The van der Waals surface area contributed by atoms with Gasteiger partial charge in [0.15, 0.2) is 11.9 Å². The number of halogens is 1. The van der Waals surface area contributed by atoms with Crippen molar-refractivity contribution in [2.75, 3.05) is 30.0 Å². The molecule has 3 aromatic carbocycles. The first kappa shape index (κ1) is 25.2. The first-order valence-electron chi connectivity index (χ1n) is 10.2. The number of carbonyl (C=O) groups is 1. The number of sulfonamides is 1. The molecule has 3 rings (SSSR count). The fourth-order valence-electron chi connectivity index (χ4n) is 2.88. The summed E-state index contributed by atoms with van der Waals surface area (Å²) in [5, 5.41) is 3.21. The van der Waals surface area contributed by atoms with E-state index in [1.54, 1.807) is 80.8 Å². The molecule has 1 unspecified atom stereocenters. The summed E-state index contributed by atoms with van der Waals surface area (Å²) in [5.41, 5.74) is 0.861. The molecule has 0 saturated heterocycles. The van der Waals surface area contributed by atoms with Crippen LogP contribution in [0.15, 0.2) is 66.7 Å². The SMILES string of the molecule is COc1ccc(Oc2ccc(Cl)cc2NC(=O)C(C)Oc2ccc(N(C)S(C)(=O)=O)cc2)cc1. The lowest BCUT2D eigenvalue weighted by molar-refractivity contribution is -0.122. The van der Waals surface area contributed by atoms with Gasteiger partial charge in [0.1, 0.15) is 17.2 Å². The second-order valence-corrected chi connectivity index (χ2v) is 9.84.